The van der Waals surface area contributed by atoms with Crippen LogP contribution in [0, 0.1) is 0 Å². The van der Waals surface area contributed by atoms with Gasteiger partial charge < -0.3 is 4.74 Å². The van der Waals surface area contributed by atoms with Crippen molar-refractivity contribution in [3.63, 3.8) is 0 Å². The minimum absolute atomic E-state index is 0.0666. The van der Waals surface area contributed by atoms with Crippen LogP contribution in [-0.2, 0) is 14.6 Å². The van der Waals surface area contributed by atoms with Crippen molar-refractivity contribution in [1.82, 2.24) is 0 Å². The Balaban J connectivity index is 2.45. The first-order chi connectivity index (χ1) is 8.06. The van der Waals surface area contributed by atoms with Crippen molar-refractivity contribution in [2.45, 2.75) is 11.8 Å². The SMILES string of the molecule is CCOC(=O)N1CCS(=O)(=O)c2ccccc21. The highest BCUT2D eigenvalue weighted by atomic mass is 32.2. The Morgan fingerprint density at radius 3 is 2.82 bits per heavy atom. The number of hydrogen-bond acceptors (Lipinski definition) is 4. The van der Waals surface area contributed by atoms with E-state index in [2.05, 4.69) is 0 Å². The van der Waals surface area contributed by atoms with Gasteiger partial charge in [-0.2, -0.15) is 0 Å². The molecule has 2 rings (SSSR count). The Morgan fingerprint density at radius 1 is 1.41 bits per heavy atom. The molecule has 5 nitrogen and oxygen atoms in total. The second kappa shape index (κ2) is 4.37. The monoisotopic (exact) mass is 255 g/mol. The molecule has 0 saturated heterocycles. The molecule has 0 aliphatic carbocycles. The van der Waals surface area contributed by atoms with Gasteiger partial charge in [0.25, 0.3) is 0 Å². The average Bonchev–Trinajstić information content (AvgIpc) is 2.29. The molecule has 0 bridgehead atoms. The topological polar surface area (TPSA) is 63.7 Å². The standard InChI is InChI=1S/C11H13NO4S/c1-2-16-11(13)12-7-8-17(14,15)10-6-4-3-5-9(10)12/h3-6H,2,7-8H2,1H3. The van der Waals surface area contributed by atoms with E-state index in [1.54, 1.807) is 25.1 Å². The van der Waals surface area contributed by atoms with Crippen LogP contribution in [0.25, 0.3) is 0 Å². The zero-order valence-corrected chi connectivity index (χ0v) is 10.2. The van der Waals surface area contributed by atoms with Crippen LogP contribution in [0.3, 0.4) is 0 Å². The highest BCUT2D eigenvalue weighted by molar-refractivity contribution is 7.91. The summed E-state index contributed by atoms with van der Waals surface area (Å²) in [6.07, 6.45) is -0.505. The van der Waals surface area contributed by atoms with Crippen LogP contribution in [-0.4, -0.2) is 33.4 Å². The smallest absolute Gasteiger partial charge is 0.414 e. The molecule has 92 valence electrons. The number of hydrogen-bond donors (Lipinski definition) is 0. The Labute approximate surface area is 99.9 Å². The summed E-state index contributed by atoms with van der Waals surface area (Å²) in [5.74, 6) is -0.0666. The molecule has 6 heteroatoms. The number of benzene rings is 1. The van der Waals surface area contributed by atoms with Gasteiger partial charge in [-0.25, -0.2) is 13.2 Å². The zero-order chi connectivity index (χ0) is 12.5. The molecule has 0 spiro atoms. The largest absolute Gasteiger partial charge is 0.449 e. The molecule has 1 aromatic rings. The lowest BCUT2D eigenvalue weighted by molar-refractivity contribution is 0.160. The predicted molar refractivity (Wildman–Crippen MR) is 62.9 cm³/mol. The van der Waals surface area contributed by atoms with Crippen LogP contribution in [0.2, 0.25) is 0 Å². The van der Waals surface area contributed by atoms with E-state index in [0.717, 1.165) is 0 Å². The number of fused-ring (bicyclic) bond motifs is 1. The molecule has 0 unspecified atom stereocenters. The summed E-state index contributed by atoms with van der Waals surface area (Å²) in [5.41, 5.74) is 0.400. The van der Waals surface area contributed by atoms with E-state index in [-0.39, 0.29) is 23.8 Å². The number of carbonyl (C=O) groups is 1. The summed E-state index contributed by atoms with van der Waals surface area (Å²) in [6, 6.07) is 6.47. The Hall–Kier alpha value is -1.56. The van der Waals surface area contributed by atoms with Crippen LogP contribution >= 0.6 is 0 Å². The maximum absolute atomic E-state index is 11.8. The lowest BCUT2D eigenvalue weighted by Gasteiger charge is -2.28. The third-order valence-corrected chi connectivity index (χ3v) is 4.30. The van der Waals surface area contributed by atoms with Crippen molar-refractivity contribution in [2.24, 2.45) is 0 Å². The third-order valence-electron chi connectivity index (χ3n) is 2.56. The quantitative estimate of drug-likeness (QED) is 0.761. The van der Waals surface area contributed by atoms with Gasteiger partial charge in [0.1, 0.15) is 0 Å². The van der Waals surface area contributed by atoms with Crippen LogP contribution in [0.4, 0.5) is 10.5 Å². The first-order valence-corrected chi connectivity index (χ1v) is 6.97. The van der Waals surface area contributed by atoms with E-state index >= 15 is 0 Å². The van der Waals surface area contributed by atoms with E-state index < -0.39 is 15.9 Å². The zero-order valence-electron chi connectivity index (χ0n) is 9.42. The Bertz CT molecular complexity index is 538. The maximum atomic E-state index is 11.8. The molecule has 0 fully saturated rings. The van der Waals surface area contributed by atoms with E-state index in [9.17, 15) is 13.2 Å². The lowest BCUT2D eigenvalue weighted by atomic mass is 10.3. The first kappa shape index (κ1) is 11.9. The molecule has 1 amide bonds. The van der Waals surface area contributed by atoms with E-state index in [1.807, 2.05) is 0 Å². The van der Waals surface area contributed by atoms with Crippen molar-refractivity contribution in [2.75, 3.05) is 23.8 Å². The molecule has 1 aliphatic heterocycles. The summed E-state index contributed by atoms with van der Waals surface area (Å²) in [7, 11) is -3.27. The van der Waals surface area contributed by atoms with Gasteiger partial charge >= 0.3 is 6.09 Å². The molecule has 0 N–H and O–H groups in total. The number of para-hydroxylation sites is 1. The van der Waals surface area contributed by atoms with E-state index in [4.69, 9.17) is 4.74 Å². The van der Waals surface area contributed by atoms with Crippen LogP contribution < -0.4 is 4.90 Å². The van der Waals surface area contributed by atoms with Gasteiger partial charge in [-0.1, -0.05) is 12.1 Å². The highest BCUT2D eigenvalue weighted by Gasteiger charge is 2.31. The average molecular weight is 255 g/mol. The van der Waals surface area contributed by atoms with Crippen molar-refractivity contribution in [3.05, 3.63) is 24.3 Å². The number of rotatable bonds is 1. The minimum atomic E-state index is -3.27. The normalized spacial score (nSPS) is 17.4. The summed E-state index contributed by atoms with van der Waals surface area (Å²) in [6.45, 7) is 2.12. The van der Waals surface area contributed by atoms with E-state index in [0.29, 0.717) is 5.69 Å². The maximum Gasteiger partial charge on any atom is 0.414 e. The van der Waals surface area contributed by atoms with Crippen molar-refractivity contribution < 1.29 is 17.9 Å². The van der Waals surface area contributed by atoms with Gasteiger partial charge in [0.05, 0.1) is 22.9 Å². The van der Waals surface area contributed by atoms with Crippen LogP contribution in [0.1, 0.15) is 6.92 Å². The Morgan fingerprint density at radius 2 is 2.12 bits per heavy atom. The first-order valence-electron chi connectivity index (χ1n) is 5.32. The number of carbonyl (C=O) groups excluding carboxylic acids is 1. The molecule has 0 atom stereocenters. The van der Waals surface area contributed by atoms with Gasteiger partial charge in [-0.05, 0) is 19.1 Å². The fraction of sp³-hybridized carbons (Fsp3) is 0.364. The molecule has 1 aromatic carbocycles. The van der Waals surface area contributed by atoms with Crippen LogP contribution in [0.5, 0.6) is 0 Å². The second-order valence-electron chi connectivity index (χ2n) is 3.64. The molecular weight excluding hydrogens is 242 g/mol. The van der Waals surface area contributed by atoms with Gasteiger partial charge in [0, 0.05) is 6.54 Å². The molecule has 17 heavy (non-hydrogen) atoms. The fourth-order valence-corrected chi connectivity index (χ4v) is 3.20. The van der Waals surface area contributed by atoms with E-state index in [1.165, 1.54) is 11.0 Å². The number of sulfone groups is 1. The third kappa shape index (κ3) is 2.12. The van der Waals surface area contributed by atoms with Crippen molar-refractivity contribution >= 4 is 21.6 Å². The molecule has 1 aliphatic rings. The number of nitrogens with zero attached hydrogens (tertiary/aromatic N) is 1. The Kier molecular flexibility index (Phi) is 3.06. The number of anilines is 1. The number of ether oxygens (including phenoxy) is 1. The summed E-state index contributed by atoms with van der Waals surface area (Å²) >= 11 is 0. The predicted octanol–water partition coefficient (Wildman–Crippen LogP) is 1.44. The minimum Gasteiger partial charge on any atom is -0.449 e. The van der Waals surface area contributed by atoms with Crippen molar-refractivity contribution in [3.8, 4) is 0 Å². The van der Waals surface area contributed by atoms with Gasteiger partial charge in [0.2, 0.25) is 0 Å². The van der Waals surface area contributed by atoms with Crippen molar-refractivity contribution in [1.29, 1.82) is 0 Å². The molecular formula is C11H13NO4S. The fourth-order valence-electron chi connectivity index (χ4n) is 1.78. The molecule has 0 saturated carbocycles. The van der Waals surface area contributed by atoms with Crippen LogP contribution in [0.15, 0.2) is 29.2 Å². The molecule has 0 radical (unpaired) electrons. The van der Waals surface area contributed by atoms with Gasteiger partial charge in [0.15, 0.2) is 9.84 Å². The van der Waals surface area contributed by atoms with Gasteiger partial charge in [-0.3, -0.25) is 4.90 Å². The molecule has 1 heterocycles. The number of amides is 1. The van der Waals surface area contributed by atoms with Gasteiger partial charge in [-0.15, -0.1) is 0 Å². The second-order valence-corrected chi connectivity index (χ2v) is 5.71. The molecule has 0 aromatic heterocycles. The lowest BCUT2D eigenvalue weighted by Crippen LogP contribution is -2.40. The summed E-state index contributed by atoms with van der Waals surface area (Å²) in [5, 5.41) is 0. The highest BCUT2D eigenvalue weighted by Crippen LogP contribution is 2.30. The summed E-state index contributed by atoms with van der Waals surface area (Å²) in [4.78, 5) is 13.2. The summed E-state index contributed by atoms with van der Waals surface area (Å²) < 4.78 is 28.5.